The van der Waals surface area contributed by atoms with Gasteiger partial charge in [0.25, 0.3) is 5.91 Å². The molecule has 0 saturated carbocycles. The summed E-state index contributed by atoms with van der Waals surface area (Å²) in [6.07, 6.45) is 1.60. The smallest absolute Gasteiger partial charge is 0.310 e. The molecular formula is C18H25NO4. The minimum Gasteiger partial charge on any atom is -0.484 e. The number of benzene rings is 1. The number of nitrogens with zero attached hydrogens (tertiary/aromatic N) is 1. The summed E-state index contributed by atoms with van der Waals surface area (Å²) < 4.78 is 10.7. The molecule has 2 rings (SSSR count). The van der Waals surface area contributed by atoms with Gasteiger partial charge in [0.05, 0.1) is 12.5 Å². The number of likely N-dealkylation sites (tertiary alicyclic amines) is 1. The Morgan fingerprint density at radius 1 is 1.30 bits per heavy atom. The van der Waals surface area contributed by atoms with Gasteiger partial charge in [-0.1, -0.05) is 17.7 Å². The number of amides is 1. The van der Waals surface area contributed by atoms with Crippen LogP contribution in [0.2, 0.25) is 0 Å². The van der Waals surface area contributed by atoms with E-state index in [1.165, 1.54) is 0 Å². The van der Waals surface area contributed by atoms with Crippen LogP contribution in [0.15, 0.2) is 18.2 Å². The zero-order valence-electron chi connectivity index (χ0n) is 14.1. The molecule has 1 atom stereocenters. The van der Waals surface area contributed by atoms with Gasteiger partial charge in [-0.3, -0.25) is 9.59 Å². The van der Waals surface area contributed by atoms with Crippen molar-refractivity contribution in [2.24, 2.45) is 5.92 Å². The zero-order valence-corrected chi connectivity index (χ0v) is 14.1. The second-order valence-corrected chi connectivity index (χ2v) is 5.99. The molecule has 0 N–H and O–H groups in total. The van der Waals surface area contributed by atoms with Crippen LogP contribution >= 0.6 is 0 Å². The van der Waals surface area contributed by atoms with Crippen LogP contribution in [0.3, 0.4) is 0 Å². The number of aryl methyl sites for hydroxylation is 2. The Hall–Kier alpha value is -2.04. The molecule has 0 unspecified atom stereocenters. The van der Waals surface area contributed by atoms with E-state index < -0.39 is 0 Å². The molecule has 1 saturated heterocycles. The monoisotopic (exact) mass is 319 g/mol. The molecule has 1 aromatic carbocycles. The lowest BCUT2D eigenvalue weighted by Gasteiger charge is -2.31. The van der Waals surface area contributed by atoms with E-state index in [0.29, 0.717) is 19.7 Å². The number of carbonyl (C=O) groups is 2. The van der Waals surface area contributed by atoms with Gasteiger partial charge in [0.2, 0.25) is 0 Å². The molecule has 1 amide bonds. The van der Waals surface area contributed by atoms with Gasteiger partial charge in [-0.2, -0.15) is 0 Å². The van der Waals surface area contributed by atoms with E-state index in [2.05, 4.69) is 0 Å². The van der Waals surface area contributed by atoms with E-state index in [0.717, 1.165) is 29.7 Å². The number of ether oxygens (including phenoxy) is 2. The fraction of sp³-hybridized carbons (Fsp3) is 0.556. The summed E-state index contributed by atoms with van der Waals surface area (Å²) in [7, 11) is 0. The first-order valence-corrected chi connectivity index (χ1v) is 8.15. The van der Waals surface area contributed by atoms with Gasteiger partial charge in [0, 0.05) is 13.1 Å². The fourth-order valence-corrected chi connectivity index (χ4v) is 2.85. The molecular weight excluding hydrogens is 294 g/mol. The molecule has 0 aromatic heterocycles. The number of carbonyl (C=O) groups excluding carboxylic acids is 2. The molecule has 5 nitrogen and oxygen atoms in total. The van der Waals surface area contributed by atoms with Crippen LogP contribution in [-0.4, -0.2) is 43.1 Å². The first-order valence-electron chi connectivity index (χ1n) is 8.15. The molecule has 5 heteroatoms. The van der Waals surface area contributed by atoms with Crippen molar-refractivity contribution in [2.75, 3.05) is 26.3 Å². The molecule has 1 heterocycles. The highest BCUT2D eigenvalue weighted by atomic mass is 16.5. The van der Waals surface area contributed by atoms with Crippen LogP contribution in [0.1, 0.15) is 30.9 Å². The number of hydrogen-bond donors (Lipinski definition) is 0. The highest BCUT2D eigenvalue weighted by Gasteiger charge is 2.29. The van der Waals surface area contributed by atoms with Crippen molar-refractivity contribution in [3.63, 3.8) is 0 Å². The second-order valence-electron chi connectivity index (χ2n) is 5.99. The predicted molar refractivity (Wildman–Crippen MR) is 87.3 cm³/mol. The molecule has 1 fully saturated rings. The van der Waals surface area contributed by atoms with Crippen molar-refractivity contribution in [2.45, 2.75) is 33.6 Å². The molecule has 1 aromatic rings. The van der Waals surface area contributed by atoms with Crippen molar-refractivity contribution < 1.29 is 19.1 Å². The minimum atomic E-state index is -0.214. The van der Waals surface area contributed by atoms with Crippen molar-refractivity contribution in [3.05, 3.63) is 29.3 Å². The van der Waals surface area contributed by atoms with Crippen LogP contribution in [0.4, 0.5) is 0 Å². The fourth-order valence-electron chi connectivity index (χ4n) is 2.85. The molecule has 126 valence electrons. The van der Waals surface area contributed by atoms with Gasteiger partial charge in [-0.15, -0.1) is 0 Å². The normalized spacial score (nSPS) is 17.7. The van der Waals surface area contributed by atoms with Gasteiger partial charge in [-0.05, 0) is 45.2 Å². The Morgan fingerprint density at radius 2 is 2.09 bits per heavy atom. The van der Waals surface area contributed by atoms with Crippen LogP contribution in [-0.2, 0) is 14.3 Å². The maximum Gasteiger partial charge on any atom is 0.310 e. The molecule has 0 bridgehead atoms. The highest BCUT2D eigenvalue weighted by Crippen LogP contribution is 2.20. The van der Waals surface area contributed by atoms with Gasteiger partial charge >= 0.3 is 5.97 Å². The number of esters is 1. The van der Waals surface area contributed by atoms with Crippen molar-refractivity contribution in [1.82, 2.24) is 4.90 Å². The molecule has 0 aliphatic carbocycles. The number of rotatable bonds is 5. The molecule has 23 heavy (non-hydrogen) atoms. The summed E-state index contributed by atoms with van der Waals surface area (Å²) in [6.45, 7) is 7.24. The molecule has 0 spiro atoms. The van der Waals surface area contributed by atoms with E-state index in [-0.39, 0.29) is 24.4 Å². The van der Waals surface area contributed by atoms with Crippen molar-refractivity contribution >= 4 is 11.9 Å². The van der Waals surface area contributed by atoms with Crippen molar-refractivity contribution in [1.29, 1.82) is 0 Å². The summed E-state index contributed by atoms with van der Waals surface area (Å²) in [4.78, 5) is 25.9. The number of hydrogen-bond acceptors (Lipinski definition) is 4. The SMILES string of the molecule is CCOC(=O)[C@@H]1CCCN(C(=O)COc2ccc(C)cc2C)C1. The summed E-state index contributed by atoms with van der Waals surface area (Å²) in [5, 5.41) is 0. The van der Waals surface area contributed by atoms with Crippen LogP contribution in [0.25, 0.3) is 0 Å². The summed E-state index contributed by atoms with van der Waals surface area (Å²) in [5.74, 6) is 0.218. The first-order chi connectivity index (χ1) is 11.0. The summed E-state index contributed by atoms with van der Waals surface area (Å²) >= 11 is 0. The Labute approximate surface area is 137 Å². The van der Waals surface area contributed by atoms with E-state index in [1.807, 2.05) is 32.0 Å². The Morgan fingerprint density at radius 3 is 2.78 bits per heavy atom. The molecule has 1 aliphatic rings. The third-order valence-corrected chi connectivity index (χ3v) is 4.08. The van der Waals surface area contributed by atoms with E-state index in [1.54, 1.807) is 11.8 Å². The van der Waals surface area contributed by atoms with Gasteiger partial charge in [0.15, 0.2) is 6.61 Å². The number of piperidine rings is 1. The van der Waals surface area contributed by atoms with Crippen LogP contribution in [0, 0.1) is 19.8 Å². The average molecular weight is 319 g/mol. The summed E-state index contributed by atoms with van der Waals surface area (Å²) in [6, 6.07) is 5.87. The Bertz CT molecular complexity index is 570. The van der Waals surface area contributed by atoms with E-state index in [4.69, 9.17) is 9.47 Å². The predicted octanol–water partition coefficient (Wildman–Crippen LogP) is 2.48. The highest BCUT2D eigenvalue weighted by molar-refractivity contribution is 5.79. The molecule has 0 radical (unpaired) electrons. The van der Waals surface area contributed by atoms with Crippen molar-refractivity contribution in [3.8, 4) is 5.75 Å². The minimum absolute atomic E-state index is 0.000549. The van der Waals surface area contributed by atoms with Gasteiger partial charge in [-0.25, -0.2) is 0 Å². The lowest BCUT2D eigenvalue weighted by Crippen LogP contribution is -2.44. The maximum atomic E-state index is 12.3. The third-order valence-electron chi connectivity index (χ3n) is 4.08. The Kier molecular flexibility index (Phi) is 6.02. The summed E-state index contributed by atoms with van der Waals surface area (Å²) in [5.41, 5.74) is 2.18. The van der Waals surface area contributed by atoms with Gasteiger partial charge < -0.3 is 14.4 Å². The largest absolute Gasteiger partial charge is 0.484 e. The van der Waals surface area contributed by atoms with E-state index in [9.17, 15) is 9.59 Å². The third kappa shape index (κ3) is 4.71. The van der Waals surface area contributed by atoms with Gasteiger partial charge in [0.1, 0.15) is 5.75 Å². The topological polar surface area (TPSA) is 55.8 Å². The standard InChI is InChI=1S/C18H25NO4/c1-4-22-18(21)15-6-5-9-19(11-15)17(20)12-23-16-8-7-13(2)10-14(16)3/h7-8,10,15H,4-6,9,11-12H2,1-3H3/t15-/m1/s1. The zero-order chi connectivity index (χ0) is 16.8. The maximum absolute atomic E-state index is 12.3. The second kappa shape index (κ2) is 7.99. The molecule has 1 aliphatic heterocycles. The Balaban J connectivity index is 1.88. The van der Waals surface area contributed by atoms with E-state index >= 15 is 0 Å². The lowest BCUT2D eigenvalue weighted by molar-refractivity contribution is -0.151. The first kappa shape index (κ1) is 17.3. The van der Waals surface area contributed by atoms with Crippen LogP contribution in [0.5, 0.6) is 5.75 Å². The lowest BCUT2D eigenvalue weighted by atomic mass is 9.98. The van der Waals surface area contributed by atoms with Crippen LogP contribution < -0.4 is 4.74 Å². The average Bonchev–Trinajstić information content (AvgIpc) is 2.54. The quantitative estimate of drug-likeness (QED) is 0.783.